The number of methoxy groups -OCH3 is 1. The highest BCUT2D eigenvalue weighted by atomic mass is 16.5. The minimum absolute atomic E-state index is 0.637. The third kappa shape index (κ3) is 5.68. The second kappa shape index (κ2) is 9.06. The molecule has 0 heterocycles. The van der Waals surface area contributed by atoms with Gasteiger partial charge in [0.25, 0.3) is 0 Å². The van der Waals surface area contributed by atoms with E-state index in [2.05, 4.69) is 36.5 Å². The Morgan fingerprint density at radius 2 is 1.95 bits per heavy atom. The normalized spacial score (nSPS) is 22.2. The molecule has 1 saturated carbocycles. The summed E-state index contributed by atoms with van der Waals surface area (Å²) in [7, 11) is 1.70. The van der Waals surface area contributed by atoms with Crippen molar-refractivity contribution in [1.29, 1.82) is 0 Å². The van der Waals surface area contributed by atoms with Gasteiger partial charge in [-0.15, -0.1) is 0 Å². The quantitative estimate of drug-likeness (QED) is 0.727. The van der Waals surface area contributed by atoms with Crippen LogP contribution in [0.15, 0.2) is 24.3 Å². The Morgan fingerprint density at radius 1 is 1.14 bits per heavy atom. The zero-order valence-corrected chi connectivity index (χ0v) is 13.4. The van der Waals surface area contributed by atoms with Gasteiger partial charge in [-0.3, -0.25) is 0 Å². The Morgan fingerprint density at radius 3 is 2.67 bits per heavy atom. The molecule has 1 aromatic rings. The highest BCUT2D eigenvalue weighted by Gasteiger charge is 2.19. The molecule has 0 aromatic heterocycles. The molecule has 21 heavy (non-hydrogen) atoms. The van der Waals surface area contributed by atoms with E-state index in [9.17, 15) is 0 Å². The van der Waals surface area contributed by atoms with Crippen molar-refractivity contribution in [2.24, 2.45) is 5.92 Å². The molecule has 1 N–H and O–H groups in total. The van der Waals surface area contributed by atoms with E-state index in [0.29, 0.717) is 25.9 Å². The summed E-state index contributed by atoms with van der Waals surface area (Å²) in [5.74, 6) is 0.948. The monoisotopic (exact) mass is 291 g/mol. The molecule has 3 nitrogen and oxygen atoms in total. The topological polar surface area (TPSA) is 30.5 Å². The van der Waals surface area contributed by atoms with Crippen LogP contribution in [0.3, 0.4) is 0 Å². The molecule has 0 saturated heterocycles. The van der Waals surface area contributed by atoms with Gasteiger partial charge in [0.15, 0.2) is 0 Å². The van der Waals surface area contributed by atoms with Crippen molar-refractivity contribution in [3.63, 3.8) is 0 Å². The lowest BCUT2D eigenvalue weighted by Crippen LogP contribution is -2.25. The summed E-state index contributed by atoms with van der Waals surface area (Å²) in [4.78, 5) is 0. The average Bonchev–Trinajstić information content (AvgIpc) is 2.53. The number of hydrogen-bond acceptors (Lipinski definition) is 3. The summed E-state index contributed by atoms with van der Waals surface area (Å²) in [5.41, 5.74) is 2.45. The predicted octanol–water partition coefficient (Wildman–Crippen LogP) is 4.23. The zero-order chi connectivity index (χ0) is 14.9. The maximum atomic E-state index is 5.58. The van der Waals surface area contributed by atoms with E-state index in [4.69, 9.17) is 9.47 Å². The fourth-order valence-electron chi connectivity index (χ4n) is 3.03. The molecule has 0 aliphatic heterocycles. The van der Waals surface area contributed by atoms with Crippen LogP contribution >= 0.6 is 0 Å². The van der Waals surface area contributed by atoms with Crippen molar-refractivity contribution in [2.45, 2.75) is 51.7 Å². The van der Waals surface area contributed by atoms with Gasteiger partial charge in [-0.2, -0.15) is 0 Å². The van der Waals surface area contributed by atoms with E-state index in [0.717, 1.165) is 5.92 Å². The smallest absolute Gasteiger partial charge is 0.0718 e. The summed E-state index contributed by atoms with van der Waals surface area (Å²) in [6.07, 6.45) is 6.67. The highest BCUT2D eigenvalue weighted by molar-refractivity contribution is 5.46. The van der Waals surface area contributed by atoms with Crippen LogP contribution in [0.4, 0.5) is 5.69 Å². The number of anilines is 1. The molecule has 0 spiro atoms. The van der Waals surface area contributed by atoms with Gasteiger partial charge in [0.1, 0.15) is 0 Å². The van der Waals surface area contributed by atoms with Gasteiger partial charge in [0.05, 0.1) is 19.8 Å². The molecule has 0 atom stereocenters. The molecule has 0 amide bonds. The van der Waals surface area contributed by atoms with Gasteiger partial charge in [-0.05, 0) is 49.3 Å². The first kappa shape index (κ1) is 16.3. The van der Waals surface area contributed by atoms with Crippen molar-refractivity contribution < 1.29 is 9.47 Å². The molecule has 1 fully saturated rings. The Hall–Kier alpha value is -1.06. The van der Waals surface area contributed by atoms with E-state index in [1.165, 1.54) is 43.4 Å². The molecule has 0 bridgehead atoms. The molecule has 0 radical (unpaired) electrons. The van der Waals surface area contributed by atoms with Crippen molar-refractivity contribution >= 4 is 5.69 Å². The summed E-state index contributed by atoms with van der Waals surface area (Å²) in [6.45, 7) is 4.26. The summed E-state index contributed by atoms with van der Waals surface area (Å²) in [6, 6.07) is 9.22. The van der Waals surface area contributed by atoms with Crippen molar-refractivity contribution in [2.75, 3.05) is 25.6 Å². The molecule has 1 aromatic carbocycles. The predicted molar refractivity (Wildman–Crippen MR) is 87.6 cm³/mol. The van der Waals surface area contributed by atoms with Gasteiger partial charge in [0, 0.05) is 18.8 Å². The van der Waals surface area contributed by atoms with Crippen LogP contribution in [0, 0.1) is 5.92 Å². The van der Waals surface area contributed by atoms with Crippen LogP contribution in [0.2, 0.25) is 0 Å². The van der Waals surface area contributed by atoms with Gasteiger partial charge >= 0.3 is 0 Å². The lowest BCUT2D eigenvalue weighted by atomic mass is 9.84. The second-order valence-electron chi connectivity index (χ2n) is 6.02. The molecule has 118 valence electrons. The first-order valence-corrected chi connectivity index (χ1v) is 8.24. The highest BCUT2D eigenvalue weighted by Crippen LogP contribution is 2.28. The largest absolute Gasteiger partial charge is 0.382 e. The maximum Gasteiger partial charge on any atom is 0.0718 e. The third-order valence-electron chi connectivity index (χ3n) is 4.42. The lowest BCUT2D eigenvalue weighted by Gasteiger charge is -2.29. The number of rotatable bonds is 8. The summed E-state index contributed by atoms with van der Waals surface area (Å²) >= 11 is 0. The minimum Gasteiger partial charge on any atom is -0.382 e. The standard InChI is InChI=1S/C18H29NO2/c1-3-15-7-9-17(10-8-15)19-18-6-4-5-16(13-18)14-21-12-11-20-2/h4-6,13,15,17,19H,3,7-12,14H2,1-2H3. The van der Waals surface area contributed by atoms with E-state index >= 15 is 0 Å². The fourth-order valence-corrected chi connectivity index (χ4v) is 3.03. The second-order valence-corrected chi connectivity index (χ2v) is 6.02. The Kier molecular flexibility index (Phi) is 7.04. The van der Waals surface area contributed by atoms with Crippen LogP contribution < -0.4 is 5.32 Å². The molecular weight excluding hydrogens is 262 g/mol. The SMILES string of the molecule is CCC1CCC(Nc2cccc(COCCOC)c2)CC1. The van der Waals surface area contributed by atoms with E-state index in [-0.39, 0.29) is 0 Å². The number of benzene rings is 1. The number of ether oxygens (including phenoxy) is 2. The first-order chi connectivity index (χ1) is 10.3. The van der Waals surface area contributed by atoms with Gasteiger partial charge in [-0.25, -0.2) is 0 Å². The minimum atomic E-state index is 0.637. The summed E-state index contributed by atoms with van der Waals surface area (Å²) in [5, 5.41) is 3.69. The van der Waals surface area contributed by atoms with E-state index < -0.39 is 0 Å². The van der Waals surface area contributed by atoms with Crippen molar-refractivity contribution in [1.82, 2.24) is 0 Å². The fraction of sp³-hybridized carbons (Fsp3) is 0.667. The molecule has 1 aliphatic rings. The van der Waals surface area contributed by atoms with Gasteiger partial charge < -0.3 is 14.8 Å². The van der Waals surface area contributed by atoms with Crippen LogP contribution in [0.1, 0.15) is 44.6 Å². The van der Waals surface area contributed by atoms with Crippen molar-refractivity contribution in [3.05, 3.63) is 29.8 Å². The van der Waals surface area contributed by atoms with Crippen LogP contribution in [-0.4, -0.2) is 26.4 Å². The van der Waals surface area contributed by atoms with Crippen LogP contribution in [0.25, 0.3) is 0 Å². The Balaban J connectivity index is 1.78. The third-order valence-corrected chi connectivity index (χ3v) is 4.42. The lowest BCUT2D eigenvalue weighted by molar-refractivity contribution is 0.0617. The van der Waals surface area contributed by atoms with Gasteiger partial charge in [-0.1, -0.05) is 25.5 Å². The average molecular weight is 291 g/mol. The maximum absolute atomic E-state index is 5.58. The Bertz CT molecular complexity index is 400. The van der Waals surface area contributed by atoms with E-state index in [1.54, 1.807) is 7.11 Å². The zero-order valence-electron chi connectivity index (χ0n) is 13.4. The number of hydrogen-bond donors (Lipinski definition) is 1. The molecule has 2 rings (SSSR count). The molecule has 3 heteroatoms. The molecular formula is C18H29NO2. The van der Waals surface area contributed by atoms with Crippen LogP contribution in [0.5, 0.6) is 0 Å². The first-order valence-electron chi connectivity index (χ1n) is 8.24. The molecule has 0 unspecified atom stereocenters. The van der Waals surface area contributed by atoms with E-state index in [1.807, 2.05) is 0 Å². The van der Waals surface area contributed by atoms with Crippen molar-refractivity contribution in [3.8, 4) is 0 Å². The number of nitrogens with one attached hydrogen (secondary N) is 1. The molecule has 1 aliphatic carbocycles. The Labute approximate surface area is 129 Å². The van der Waals surface area contributed by atoms with Gasteiger partial charge in [0.2, 0.25) is 0 Å². The summed E-state index contributed by atoms with van der Waals surface area (Å²) < 4.78 is 10.6. The van der Waals surface area contributed by atoms with Crippen LogP contribution in [-0.2, 0) is 16.1 Å².